The lowest BCUT2D eigenvalue weighted by Gasteiger charge is -2.03. The Morgan fingerprint density at radius 3 is 2.00 bits per heavy atom. The lowest BCUT2D eigenvalue weighted by Crippen LogP contribution is -1.99. The number of thiocyanates is 1. The summed E-state index contributed by atoms with van der Waals surface area (Å²) in [7, 11) is -3.64. The van der Waals surface area contributed by atoms with E-state index in [1.54, 1.807) is 12.1 Å². The topological polar surface area (TPSA) is 57.9 Å². The van der Waals surface area contributed by atoms with Gasteiger partial charge in [0.15, 0.2) is 5.40 Å². The number of sulfone groups is 1. The fourth-order valence-corrected chi connectivity index (χ4v) is 2.37. The number of nitrogens with zero attached hydrogens (tertiary/aromatic N) is 1. The first-order valence-electron chi connectivity index (χ1n) is 5.39. The van der Waals surface area contributed by atoms with Crippen LogP contribution in [0.4, 0.5) is 0 Å². The molecule has 0 spiro atoms. The van der Waals surface area contributed by atoms with E-state index < -0.39 is 9.84 Å². The molecule has 0 fully saturated rings. The van der Waals surface area contributed by atoms with Gasteiger partial charge in [-0.15, -0.1) is 0 Å². The van der Waals surface area contributed by atoms with Gasteiger partial charge in [0.2, 0.25) is 9.84 Å². The van der Waals surface area contributed by atoms with Gasteiger partial charge in [-0.05, 0) is 16.7 Å². The molecule has 0 aromatic heterocycles. The Bertz CT molecular complexity index is 668. The second-order valence-corrected chi connectivity index (χ2v) is 5.61. The molecule has 90 valence electrons. The van der Waals surface area contributed by atoms with Crippen LogP contribution in [0.15, 0.2) is 54.6 Å². The van der Waals surface area contributed by atoms with Gasteiger partial charge in [0, 0.05) is 0 Å². The fourth-order valence-electron chi connectivity index (χ4n) is 1.68. The summed E-state index contributed by atoms with van der Waals surface area (Å²) in [5.74, 6) is -0.238. The number of rotatable bonds is 3. The van der Waals surface area contributed by atoms with Crippen LogP contribution >= 0.6 is 0 Å². The van der Waals surface area contributed by atoms with E-state index >= 15 is 0 Å². The second kappa shape index (κ2) is 5.03. The zero-order valence-corrected chi connectivity index (χ0v) is 10.4. The van der Waals surface area contributed by atoms with E-state index in [0.29, 0.717) is 5.56 Å². The molecule has 0 heterocycles. The van der Waals surface area contributed by atoms with Crippen molar-refractivity contribution in [2.75, 3.05) is 0 Å². The van der Waals surface area contributed by atoms with E-state index in [1.807, 2.05) is 42.5 Å². The van der Waals surface area contributed by atoms with Crippen LogP contribution in [0, 0.1) is 10.7 Å². The Balaban J connectivity index is 2.25. The summed E-state index contributed by atoms with van der Waals surface area (Å²) in [4.78, 5) is 0. The smallest absolute Gasteiger partial charge is 0.213 e. The molecule has 0 aliphatic heterocycles. The van der Waals surface area contributed by atoms with E-state index in [-0.39, 0.29) is 5.75 Å². The van der Waals surface area contributed by atoms with Crippen molar-refractivity contribution >= 4 is 9.84 Å². The highest BCUT2D eigenvalue weighted by atomic mass is 32.2. The predicted octanol–water partition coefficient (Wildman–Crippen LogP) is 2.75. The molecule has 0 radical (unpaired) electrons. The molecule has 0 atom stereocenters. The molecule has 0 unspecified atom stereocenters. The minimum absolute atomic E-state index is 0.238. The normalized spacial score (nSPS) is 10.8. The van der Waals surface area contributed by atoms with Crippen molar-refractivity contribution in [2.24, 2.45) is 0 Å². The first-order chi connectivity index (χ1) is 8.61. The maximum absolute atomic E-state index is 11.2. The standard InChI is InChI=1S/C14H11NO2S/c15-11-18(16,17)10-12-6-8-14(9-7-12)13-4-2-1-3-5-13/h1-9H,10H2. The lowest BCUT2D eigenvalue weighted by atomic mass is 10.0. The first kappa shape index (κ1) is 12.3. The quantitative estimate of drug-likeness (QED) is 0.627. The van der Waals surface area contributed by atoms with Crippen LogP contribution in [0.1, 0.15) is 5.56 Å². The van der Waals surface area contributed by atoms with Crippen molar-refractivity contribution in [2.45, 2.75) is 5.75 Å². The van der Waals surface area contributed by atoms with Gasteiger partial charge in [0.25, 0.3) is 0 Å². The number of benzene rings is 2. The van der Waals surface area contributed by atoms with Crippen molar-refractivity contribution in [3.8, 4) is 16.5 Å². The van der Waals surface area contributed by atoms with Gasteiger partial charge in [-0.2, -0.15) is 5.26 Å². The van der Waals surface area contributed by atoms with Gasteiger partial charge in [0.05, 0.1) is 5.75 Å². The molecule has 0 N–H and O–H groups in total. The van der Waals surface area contributed by atoms with Gasteiger partial charge in [-0.1, -0.05) is 54.6 Å². The molecule has 0 bridgehead atoms. The van der Waals surface area contributed by atoms with E-state index in [1.165, 1.54) is 5.40 Å². The van der Waals surface area contributed by atoms with Crippen LogP contribution in [0.25, 0.3) is 11.1 Å². The Hall–Kier alpha value is -2.12. The monoisotopic (exact) mass is 257 g/mol. The van der Waals surface area contributed by atoms with Gasteiger partial charge >= 0.3 is 0 Å². The van der Waals surface area contributed by atoms with Gasteiger partial charge in [-0.25, -0.2) is 8.42 Å². The molecule has 3 nitrogen and oxygen atoms in total. The van der Waals surface area contributed by atoms with Crippen molar-refractivity contribution in [1.82, 2.24) is 0 Å². The van der Waals surface area contributed by atoms with E-state index in [0.717, 1.165) is 11.1 Å². The molecule has 0 saturated heterocycles. The summed E-state index contributed by atoms with van der Waals surface area (Å²) in [5, 5.41) is 9.76. The molecule has 0 saturated carbocycles. The van der Waals surface area contributed by atoms with Crippen LogP contribution < -0.4 is 0 Å². The molecular formula is C14H11NO2S. The van der Waals surface area contributed by atoms with Crippen molar-refractivity contribution < 1.29 is 8.42 Å². The Labute approximate surface area is 106 Å². The predicted molar refractivity (Wildman–Crippen MR) is 70.1 cm³/mol. The number of hydrogen-bond acceptors (Lipinski definition) is 3. The summed E-state index contributed by atoms with van der Waals surface area (Å²) >= 11 is 0. The third kappa shape index (κ3) is 2.96. The third-order valence-electron chi connectivity index (χ3n) is 2.56. The third-order valence-corrected chi connectivity index (χ3v) is 3.55. The molecule has 2 aromatic rings. The highest BCUT2D eigenvalue weighted by Gasteiger charge is 2.09. The van der Waals surface area contributed by atoms with Crippen LogP contribution in [0.5, 0.6) is 0 Å². The summed E-state index contributed by atoms with van der Waals surface area (Å²) < 4.78 is 22.3. The van der Waals surface area contributed by atoms with E-state index in [9.17, 15) is 8.42 Å². The largest absolute Gasteiger partial charge is 0.245 e. The van der Waals surface area contributed by atoms with E-state index in [2.05, 4.69) is 0 Å². The molecule has 0 aliphatic carbocycles. The molecule has 0 amide bonds. The van der Waals surface area contributed by atoms with Crippen LogP contribution in [0.2, 0.25) is 0 Å². The highest BCUT2D eigenvalue weighted by molar-refractivity contribution is 7.95. The lowest BCUT2D eigenvalue weighted by molar-refractivity contribution is 0.605. The molecule has 4 heteroatoms. The molecule has 2 rings (SSSR count). The molecule has 2 aromatic carbocycles. The van der Waals surface area contributed by atoms with Gasteiger partial charge < -0.3 is 0 Å². The SMILES string of the molecule is N#CS(=O)(=O)Cc1ccc(-c2ccccc2)cc1. The fraction of sp³-hybridized carbons (Fsp3) is 0.0714. The Morgan fingerprint density at radius 2 is 1.44 bits per heavy atom. The highest BCUT2D eigenvalue weighted by Crippen LogP contribution is 2.19. The first-order valence-corrected chi connectivity index (χ1v) is 7.04. The number of hydrogen-bond donors (Lipinski definition) is 0. The van der Waals surface area contributed by atoms with Crippen molar-refractivity contribution in [1.29, 1.82) is 5.26 Å². The van der Waals surface area contributed by atoms with Crippen LogP contribution in [-0.4, -0.2) is 8.42 Å². The van der Waals surface area contributed by atoms with E-state index in [4.69, 9.17) is 5.26 Å². The molecule has 0 aliphatic rings. The summed E-state index contributed by atoms with van der Waals surface area (Å²) in [6.45, 7) is 0. The van der Waals surface area contributed by atoms with Gasteiger partial charge in [0.1, 0.15) is 0 Å². The summed E-state index contributed by atoms with van der Waals surface area (Å²) in [6.07, 6.45) is 0. The van der Waals surface area contributed by atoms with Crippen LogP contribution in [-0.2, 0) is 15.6 Å². The van der Waals surface area contributed by atoms with Crippen molar-refractivity contribution in [3.05, 3.63) is 60.2 Å². The second-order valence-electron chi connectivity index (χ2n) is 3.91. The molecular weight excluding hydrogens is 246 g/mol. The minimum atomic E-state index is -3.64. The zero-order chi connectivity index (χ0) is 13.0. The number of nitriles is 1. The maximum Gasteiger partial charge on any atom is 0.245 e. The van der Waals surface area contributed by atoms with Gasteiger partial charge in [-0.3, -0.25) is 0 Å². The summed E-state index contributed by atoms with van der Waals surface area (Å²) in [6, 6.07) is 17.0. The zero-order valence-electron chi connectivity index (χ0n) is 9.58. The average molecular weight is 257 g/mol. The van der Waals surface area contributed by atoms with Crippen LogP contribution in [0.3, 0.4) is 0 Å². The van der Waals surface area contributed by atoms with Crippen molar-refractivity contribution in [3.63, 3.8) is 0 Å². The maximum atomic E-state index is 11.2. The summed E-state index contributed by atoms with van der Waals surface area (Å²) in [5.41, 5.74) is 2.72. The molecule has 18 heavy (non-hydrogen) atoms. The Kier molecular flexibility index (Phi) is 3.45. The average Bonchev–Trinajstić information content (AvgIpc) is 2.40. The Morgan fingerprint density at radius 1 is 0.889 bits per heavy atom. The minimum Gasteiger partial charge on any atom is -0.213 e.